The maximum absolute atomic E-state index is 11.5. The fraction of sp³-hybridized carbons (Fsp3) is 0.857. The lowest BCUT2D eigenvalue weighted by Gasteiger charge is -2.08. The number of rotatable bonds is 3. The largest absolute Gasteiger partial charge is 0.390 e. The first kappa shape index (κ1) is 10.3. The fourth-order valence-corrected chi connectivity index (χ4v) is 0.295. The number of halogens is 2. The summed E-state index contributed by atoms with van der Waals surface area (Å²) < 4.78 is 22.9. The second-order valence-electron chi connectivity index (χ2n) is 3.29. The van der Waals surface area contributed by atoms with Crippen molar-refractivity contribution in [2.75, 3.05) is 6.61 Å². The van der Waals surface area contributed by atoms with Crippen LogP contribution >= 0.6 is 0 Å². The molecule has 0 aliphatic rings. The van der Waals surface area contributed by atoms with Crippen molar-refractivity contribution in [3.8, 4) is 0 Å². The normalized spacial score (nSPS) is 12.9. The molecule has 0 amide bonds. The van der Waals surface area contributed by atoms with E-state index in [9.17, 15) is 8.78 Å². The summed E-state index contributed by atoms with van der Waals surface area (Å²) in [6.45, 7) is 5.08. The average molecular weight is 165 g/mol. The molecule has 0 unspecified atom stereocenters. The number of nitrogens with zero attached hydrogens (tertiary/aromatic N) is 1. The zero-order chi connectivity index (χ0) is 8.91. The van der Waals surface area contributed by atoms with Crippen molar-refractivity contribution in [2.24, 2.45) is 10.6 Å². The van der Waals surface area contributed by atoms with E-state index in [-0.39, 0.29) is 5.41 Å². The molecule has 0 atom stereocenters. The van der Waals surface area contributed by atoms with E-state index in [0.29, 0.717) is 0 Å². The summed E-state index contributed by atoms with van der Waals surface area (Å²) in [5.74, 6) is 0. The predicted molar refractivity (Wildman–Crippen MR) is 39.9 cm³/mol. The Kier molecular flexibility index (Phi) is 4.00. The Morgan fingerprint density at radius 3 is 2.36 bits per heavy atom. The lowest BCUT2D eigenvalue weighted by molar-refractivity contribution is 0.0201. The van der Waals surface area contributed by atoms with Crippen molar-refractivity contribution in [2.45, 2.75) is 27.2 Å². The zero-order valence-corrected chi connectivity index (χ0v) is 6.97. The van der Waals surface area contributed by atoms with E-state index >= 15 is 0 Å². The van der Waals surface area contributed by atoms with Crippen molar-refractivity contribution in [1.82, 2.24) is 0 Å². The molecule has 66 valence electrons. The van der Waals surface area contributed by atoms with Crippen molar-refractivity contribution in [3.05, 3.63) is 0 Å². The Bertz CT molecular complexity index is 129. The maximum atomic E-state index is 11.5. The van der Waals surface area contributed by atoms with Gasteiger partial charge in [0.25, 0.3) is 6.43 Å². The molecule has 0 saturated heterocycles. The summed E-state index contributed by atoms with van der Waals surface area (Å²) in [4.78, 5) is 4.29. The molecule has 4 heteroatoms. The smallest absolute Gasteiger partial charge is 0.274 e. The quantitative estimate of drug-likeness (QED) is 0.464. The topological polar surface area (TPSA) is 21.6 Å². The van der Waals surface area contributed by atoms with E-state index in [0.717, 1.165) is 0 Å². The van der Waals surface area contributed by atoms with E-state index in [4.69, 9.17) is 0 Å². The molecular weight excluding hydrogens is 152 g/mol. The van der Waals surface area contributed by atoms with E-state index < -0.39 is 13.0 Å². The summed E-state index contributed by atoms with van der Waals surface area (Å²) in [5.41, 5.74) is -0.123. The third kappa shape index (κ3) is 9.33. The van der Waals surface area contributed by atoms with Crippen LogP contribution in [-0.2, 0) is 4.84 Å². The van der Waals surface area contributed by atoms with Gasteiger partial charge in [-0.2, -0.15) is 0 Å². The Morgan fingerprint density at radius 2 is 2.00 bits per heavy atom. The van der Waals surface area contributed by atoms with E-state index in [2.05, 4.69) is 9.99 Å². The number of hydrogen-bond acceptors (Lipinski definition) is 2. The molecule has 0 spiro atoms. The van der Waals surface area contributed by atoms with Crippen LogP contribution in [0.1, 0.15) is 20.8 Å². The molecule has 0 aliphatic heterocycles. The Morgan fingerprint density at radius 1 is 1.45 bits per heavy atom. The lowest BCUT2D eigenvalue weighted by atomic mass is 10.00. The summed E-state index contributed by atoms with van der Waals surface area (Å²) in [6.07, 6.45) is -0.956. The van der Waals surface area contributed by atoms with Crippen LogP contribution in [-0.4, -0.2) is 19.2 Å². The van der Waals surface area contributed by atoms with E-state index in [1.54, 1.807) is 0 Å². The molecule has 11 heavy (non-hydrogen) atoms. The summed E-state index contributed by atoms with van der Waals surface area (Å²) in [6, 6.07) is 0. The zero-order valence-electron chi connectivity index (χ0n) is 6.97. The fourth-order valence-electron chi connectivity index (χ4n) is 0.295. The molecule has 0 heterocycles. The minimum absolute atomic E-state index is 0.123. The summed E-state index contributed by atoms with van der Waals surface area (Å²) in [5, 5.41) is 3.38. The number of hydrogen-bond donors (Lipinski definition) is 0. The molecule has 2 nitrogen and oxygen atoms in total. The van der Waals surface area contributed by atoms with Crippen LogP contribution in [0, 0.1) is 5.41 Å². The van der Waals surface area contributed by atoms with Crippen molar-refractivity contribution in [1.29, 1.82) is 0 Å². The first-order valence-corrected chi connectivity index (χ1v) is 3.36. The van der Waals surface area contributed by atoms with Crippen LogP contribution in [0.2, 0.25) is 0 Å². The molecule has 0 bridgehead atoms. The second kappa shape index (κ2) is 4.26. The first-order chi connectivity index (χ1) is 4.92. The predicted octanol–water partition coefficient (Wildman–Crippen LogP) is 2.30. The van der Waals surface area contributed by atoms with Gasteiger partial charge in [0, 0.05) is 11.6 Å². The Balaban J connectivity index is 3.46. The third-order valence-corrected chi connectivity index (χ3v) is 0.715. The van der Waals surface area contributed by atoms with Crippen molar-refractivity contribution >= 4 is 6.21 Å². The summed E-state index contributed by atoms with van der Waals surface area (Å²) >= 11 is 0. The Labute approximate surface area is 65.2 Å². The average Bonchev–Trinajstić information content (AvgIpc) is 1.78. The second-order valence-corrected chi connectivity index (χ2v) is 3.29. The number of oxime groups is 1. The maximum Gasteiger partial charge on any atom is 0.274 e. The van der Waals surface area contributed by atoms with Gasteiger partial charge in [-0.05, 0) is 0 Å². The SMILES string of the molecule is CC(C)(C)/C=N/OCC(F)F. The highest BCUT2D eigenvalue weighted by atomic mass is 19.3. The molecule has 0 radical (unpaired) electrons. The van der Waals surface area contributed by atoms with Gasteiger partial charge in [0.05, 0.1) is 0 Å². The highest BCUT2D eigenvalue weighted by molar-refractivity contribution is 5.63. The minimum atomic E-state index is -2.45. The highest BCUT2D eigenvalue weighted by Gasteiger charge is 2.06. The standard InChI is InChI=1S/C7H13F2NO/c1-7(2,3)5-10-11-4-6(8)9/h5-6H,4H2,1-3H3/b10-5+. The molecular formula is C7H13F2NO. The van der Waals surface area contributed by atoms with Gasteiger partial charge in [0.1, 0.15) is 0 Å². The monoisotopic (exact) mass is 165 g/mol. The van der Waals surface area contributed by atoms with Crippen molar-refractivity contribution in [3.63, 3.8) is 0 Å². The highest BCUT2D eigenvalue weighted by Crippen LogP contribution is 2.08. The van der Waals surface area contributed by atoms with Crippen LogP contribution in [0.3, 0.4) is 0 Å². The molecule has 0 aromatic heterocycles. The molecule has 0 aromatic rings. The van der Waals surface area contributed by atoms with Gasteiger partial charge >= 0.3 is 0 Å². The number of alkyl halides is 2. The summed E-state index contributed by atoms with van der Waals surface area (Å²) in [7, 11) is 0. The molecule has 0 N–H and O–H groups in total. The molecule has 0 fully saturated rings. The third-order valence-electron chi connectivity index (χ3n) is 0.715. The van der Waals surface area contributed by atoms with E-state index in [1.165, 1.54) is 6.21 Å². The van der Waals surface area contributed by atoms with Gasteiger partial charge in [0.15, 0.2) is 6.61 Å². The Hall–Kier alpha value is -0.670. The van der Waals surface area contributed by atoms with Gasteiger partial charge < -0.3 is 4.84 Å². The van der Waals surface area contributed by atoms with Crippen molar-refractivity contribution < 1.29 is 13.6 Å². The van der Waals surface area contributed by atoms with Gasteiger partial charge in [-0.15, -0.1) is 0 Å². The van der Waals surface area contributed by atoms with Crippen LogP contribution < -0.4 is 0 Å². The molecule has 0 saturated carbocycles. The first-order valence-electron chi connectivity index (χ1n) is 3.36. The van der Waals surface area contributed by atoms with Crippen LogP contribution in [0.25, 0.3) is 0 Å². The van der Waals surface area contributed by atoms with E-state index in [1.807, 2.05) is 20.8 Å². The van der Waals surface area contributed by atoms with Crippen LogP contribution in [0.4, 0.5) is 8.78 Å². The molecule has 0 aliphatic carbocycles. The van der Waals surface area contributed by atoms with Gasteiger partial charge in [-0.1, -0.05) is 25.9 Å². The molecule has 0 rings (SSSR count). The lowest BCUT2D eigenvalue weighted by Crippen LogP contribution is -2.07. The van der Waals surface area contributed by atoms with Crippen LogP contribution in [0.15, 0.2) is 5.16 Å². The van der Waals surface area contributed by atoms with Crippen LogP contribution in [0.5, 0.6) is 0 Å². The van der Waals surface area contributed by atoms with Gasteiger partial charge in [-0.3, -0.25) is 0 Å². The van der Waals surface area contributed by atoms with Gasteiger partial charge in [0.2, 0.25) is 0 Å². The van der Waals surface area contributed by atoms with Gasteiger partial charge in [-0.25, -0.2) is 8.78 Å². The molecule has 0 aromatic carbocycles. The minimum Gasteiger partial charge on any atom is -0.390 e.